The summed E-state index contributed by atoms with van der Waals surface area (Å²) in [5, 5.41) is 4.78. The summed E-state index contributed by atoms with van der Waals surface area (Å²) >= 11 is 0. The molecule has 1 unspecified atom stereocenters. The number of fused-ring (bicyclic) bond motifs is 2. The van der Waals surface area contributed by atoms with Gasteiger partial charge in [0.1, 0.15) is 5.66 Å². The van der Waals surface area contributed by atoms with E-state index in [1.54, 1.807) is 0 Å². The fourth-order valence-electron chi connectivity index (χ4n) is 5.04. The van der Waals surface area contributed by atoms with Crippen LogP contribution in [0.25, 0.3) is 27.1 Å². The maximum absolute atomic E-state index is 7.28. The van der Waals surface area contributed by atoms with Crippen LogP contribution in [0, 0.1) is 0 Å². The Labute approximate surface area is 200 Å². The van der Waals surface area contributed by atoms with E-state index in [2.05, 4.69) is 132 Å². The highest BCUT2D eigenvalue weighted by molar-refractivity contribution is 6.02. The molecule has 5 aromatic rings. The first-order valence-electron chi connectivity index (χ1n) is 11.7. The smallest absolute Gasteiger partial charge is 0.116 e. The lowest BCUT2D eigenvalue weighted by Gasteiger charge is -2.43. The summed E-state index contributed by atoms with van der Waals surface area (Å²) in [5.74, 6) is 0. The van der Waals surface area contributed by atoms with E-state index < -0.39 is 5.66 Å². The maximum Gasteiger partial charge on any atom is 0.116 e. The molecule has 34 heavy (non-hydrogen) atoms. The van der Waals surface area contributed by atoms with Gasteiger partial charge in [0.15, 0.2) is 0 Å². The second-order valence-corrected chi connectivity index (χ2v) is 8.89. The van der Waals surface area contributed by atoms with Gasteiger partial charge in [-0.25, -0.2) is 0 Å². The van der Waals surface area contributed by atoms with E-state index in [0.717, 1.165) is 11.4 Å². The van der Waals surface area contributed by atoms with E-state index >= 15 is 0 Å². The molecule has 0 radical (unpaired) electrons. The number of nitrogens with two attached hydrogens (primary N) is 1. The molecule has 2 nitrogen and oxygen atoms in total. The van der Waals surface area contributed by atoms with E-state index in [-0.39, 0.29) is 0 Å². The van der Waals surface area contributed by atoms with Crippen molar-refractivity contribution in [1.29, 1.82) is 0 Å². The molecule has 0 aromatic heterocycles. The van der Waals surface area contributed by atoms with Gasteiger partial charge >= 0.3 is 0 Å². The predicted octanol–water partition coefficient (Wildman–Crippen LogP) is 7.83. The molecular weight excluding hydrogens is 412 g/mol. The van der Waals surface area contributed by atoms with Gasteiger partial charge in [-0.15, -0.1) is 0 Å². The molecule has 2 heteroatoms. The van der Waals surface area contributed by atoms with E-state index in [1.807, 2.05) is 6.07 Å². The summed E-state index contributed by atoms with van der Waals surface area (Å²) in [6, 6.07) is 40.5. The largest absolute Gasteiger partial charge is 0.318 e. The van der Waals surface area contributed by atoms with Crippen LogP contribution in [0.5, 0.6) is 0 Å². The minimum Gasteiger partial charge on any atom is -0.318 e. The number of nitrogens with zero attached hydrogens (tertiary/aromatic N) is 1. The Morgan fingerprint density at radius 3 is 1.68 bits per heavy atom. The van der Waals surface area contributed by atoms with Crippen LogP contribution >= 0.6 is 0 Å². The van der Waals surface area contributed by atoms with Gasteiger partial charge < -0.3 is 10.6 Å². The first kappa shape index (κ1) is 20.5. The molecule has 1 aliphatic rings. The zero-order valence-electron chi connectivity index (χ0n) is 18.9. The second-order valence-electron chi connectivity index (χ2n) is 8.89. The Bertz CT molecular complexity index is 1460. The fraction of sp³-hybridized carbons (Fsp3) is 0.0625. The minimum absolute atomic E-state index is 0.695. The van der Waals surface area contributed by atoms with Gasteiger partial charge in [0.2, 0.25) is 0 Å². The summed E-state index contributed by atoms with van der Waals surface area (Å²) in [4.78, 5) is 2.33. The van der Waals surface area contributed by atoms with Crippen LogP contribution in [-0.2, 0) is 0 Å². The monoisotopic (exact) mass is 438 g/mol. The normalized spacial score (nSPS) is 17.6. The number of allylic oxidation sites excluding steroid dienone is 2. The topological polar surface area (TPSA) is 29.3 Å². The molecule has 0 amide bonds. The Morgan fingerprint density at radius 1 is 0.588 bits per heavy atom. The van der Waals surface area contributed by atoms with Crippen molar-refractivity contribution in [2.24, 2.45) is 5.73 Å². The van der Waals surface area contributed by atoms with Crippen molar-refractivity contribution in [3.8, 4) is 0 Å². The molecular formula is C32H26N2. The van der Waals surface area contributed by atoms with E-state index in [9.17, 15) is 0 Å². The molecule has 1 aliphatic carbocycles. The van der Waals surface area contributed by atoms with E-state index in [1.165, 1.54) is 32.7 Å². The molecule has 6 rings (SSSR count). The lowest BCUT2D eigenvalue weighted by atomic mass is 9.90. The van der Waals surface area contributed by atoms with Crippen LogP contribution in [0.1, 0.15) is 12.0 Å². The predicted molar refractivity (Wildman–Crippen MR) is 145 cm³/mol. The summed E-state index contributed by atoms with van der Waals surface area (Å²) in [6.45, 7) is 0. The van der Waals surface area contributed by atoms with Crippen LogP contribution in [0.4, 0.5) is 11.4 Å². The summed E-state index contributed by atoms with van der Waals surface area (Å²) in [5.41, 5.74) is 11.2. The second kappa shape index (κ2) is 8.33. The van der Waals surface area contributed by atoms with Gasteiger partial charge in [-0.2, -0.15) is 0 Å². The van der Waals surface area contributed by atoms with Crippen LogP contribution < -0.4 is 10.6 Å². The standard InChI is InChI=1S/C32H26N2/c33-32(22-20-25(21-23-32)24-10-2-1-3-11-24)34(30-18-8-14-26-12-4-6-16-28(26)30)31-19-9-15-27-13-5-7-17-29(27)31/h1-22H,23,33H2. The third kappa shape index (κ3) is 3.49. The molecule has 164 valence electrons. The first-order chi connectivity index (χ1) is 16.7. The number of hydrogen-bond acceptors (Lipinski definition) is 2. The highest BCUT2D eigenvalue weighted by Gasteiger charge is 2.34. The molecule has 0 bridgehead atoms. The van der Waals surface area contributed by atoms with Gasteiger partial charge in [0, 0.05) is 17.2 Å². The van der Waals surface area contributed by atoms with Crippen molar-refractivity contribution in [3.63, 3.8) is 0 Å². The molecule has 0 spiro atoms. The molecule has 0 saturated carbocycles. The van der Waals surface area contributed by atoms with Crippen molar-refractivity contribution in [1.82, 2.24) is 0 Å². The lowest BCUT2D eigenvalue weighted by molar-refractivity contribution is 0.543. The summed E-state index contributed by atoms with van der Waals surface area (Å²) in [6.07, 6.45) is 7.29. The third-order valence-corrected chi connectivity index (χ3v) is 6.74. The zero-order valence-corrected chi connectivity index (χ0v) is 18.9. The van der Waals surface area contributed by atoms with Gasteiger partial charge in [0.25, 0.3) is 0 Å². The van der Waals surface area contributed by atoms with Crippen LogP contribution in [0.3, 0.4) is 0 Å². The number of rotatable bonds is 4. The number of anilines is 2. The van der Waals surface area contributed by atoms with E-state index in [4.69, 9.17) is 5.73 Å². The minimum atomic E-state index is -0.716. The molecule has 1 atom stereocenters. The van der Waals surface area contributed by atoms with Crippen molar-refractivity contribution in [3.05, 3.63) is 139 Å². The van der Waals surface area contributed by atoms with Crippen LogP contribution in [0.2, 0.25) is 0 Å². The van der Waals surface area contributed by atoms with Crippen molar-refractivity contribution in [2.75, 3.05) is 4.90 Å². The molecule has 0 fully saturated rings. The van der Waals surface area contributed by atoms with Crippen molar-refractivity contribution in [2.45, 2.75) is 12.1 Å². The average molecular weight is 439 g/mol. The first-order valence-corrected chi connectivity index (χ1v) is 11.7. The Balaban J connectivity index is 1.55. The van der Waals surface area contributed by atoms with Crippen LogP contribution in [0.15, 0.2) is 133 Å². The molecule has 0 saturated heterocycles. The van der Waals surface area contributed by atoms with E-state index in [0.29, 0.717) is 6.42 Å². The summed E-state index contributed by atoms with van der Waals surface area (Å²) in [7, 11) is 0. The quantitative estimate of drug-likeness (QED) is 0.290. The molecule has 0 aliphatic heterocycles. The molecule has 0 heterocycles. The molecule has 5 aromatic carbocycles. The Morgan fingerprint density at radius 2 is 1.12 bits per heavy atom. The van der Waals surface area contributed by atoms with Gasteiger partial charge in [-0.05, 0) is 40.1 Å². The van der Waals surface area contributed by atoms with Gasteiger partial charge in [0.05, 0.1) is 11.4 Å². The zero-order chi connectivity index (χ0) is 23.0. The number of hydrogen-bond donors (Lipinski definition) is 1. The SMILES string of the molecule is NC1(N(c2cccc3ccccc23)c2cccc3ccccc23)C=CC(c2ccccc2)=CC1. The fourth-order valence-corrected chi connectivity index (χ4v) is 5.04. The lowest BCUT2D eigenvalue weighted by Crippen LogP contribution is -2.53. The van der Waals surface area contributed by atoms with Gasteiger partial charge in [-0.1, -0.05) is 115 Å². The van der Waals surface area contributed by atoms with Crippen molar-refractivity contribution < 1.29 is 0 Å². The Kier molecular flexibility index (Phi) is 5.01. The maximum atomic E-state index is 7.28. The third-order valence-electron chi connectivity index (χ3n) is 6.74. The Hall–Kier alpha value is -4.14. The number of benzene rings is 5. The van der Waals surface area contributed by atoms with Crippen molar-refractivity contribution >= 4 is 38.5 Å². The summed E-state index contributed by atoms with van der Waals surface area (Å²) < 4.78 is 0. The highest BCUT2D eigenvalue weighted by Crippen LogP contribution is 2.42. The molecule has 2 N–H and O–H groups in total. The van der Waals surface area contributed by atoms with Crippen LogP contribution in [-0.4, -0.2) is 5.66 Å². The highest BCUT2D eigenvalue weighted by atomic mass is 15.3. The van der Waals surface area contributed by atoms with Gasteiger partial charge in [-0.3, -0.25) is 0 Å². The average Bonchev–Trinajstić information content (AvgIpc) is 2.90.